The number of anilines is 1. The molecule has 0 saturated carbocycles. The van der Waals surface area contributed by atoms with Crippen molar-refractivity contribution >= 4 is 40.0 Å². The van der Waals surface area contributed by atoms with Crippen LogP contribution in [0.15, 0.2) is 23.4 Å². The fraction of sp³-hybridized carbons (Fsp3) is 0.391. The van der Waals surface area contributed by atoms with E-state index in [-0.39, 0.29) is 11.7 Å². The van der Waals surface area contributed by atoms with Gasteiger partial charge in [0.25, 0.3) is 0 Å². The Balaban J connectivity index is 1.49. The lowest BCUT2D eigenvalue weighted by Crippen LogP contribution is -2.16. The number of aromatic nitrogens is 3. The minimum absolute atomic E-state index is 0.132. The summed E-state index contributed by atoms with van der Waals surface area (Å²) in [5.74, 6) is 1.41. The summed E-state index contributed by atoms with van der Waals surface area (Å²) in [6, 6.07) is 5.56. The standard InChI is InChI=1S/C23H26N4O5S2/c1-5-27-20(13-9-10-15(30-2)16(11-13)31-3)25-26-23(27)33-12-18(28)24-21-19(22(29)32-4)14-7-6-8-17(14)34-21/h9-11H,5-8,12H2,1-4H3,(H,24,28). The zero-order chi connectivity index (χ0) is 24.2. The molecule has 2 aromatic heterocycles. The van der Waals surface area contributed by atoms with Gasteiger partial charge in [0.2, 0.25) is 5.91 Å². The van der Waals surface area contributed by atoms with Gasteiger partial charge in [0.05, 0.1) is 32.6 Å². The fourth-order valence-corrected chi connectivity index (χ4v) is 6.07. The summed E-state index contributed by atoms with van der Waals surface area (Å²) in [5.41, 5.74) is 2.33. The number of nitrogens with zero attached hydrogens (tertiary/aromatic N) is 3. The molecule has 1 aromatic carbocycles. The largest absolute Gasteiger partial charge is 0.493 e. The molecule has 180 valence electrons. The van der Waals surface area contributed by atoms with Gasteiger partial charge < -0.3 is 24.1 Å². The van der Waals surface area contributed by atoms with Crippen LogP contribution in [0.2, 0.25) is 0 Å². The third-order valence-corrected chi connectivity index (χ3v) is 7.74. The second-order valence-electron chi connectivity index (χ2n) is 7.51. The molecule has 0 fully saturated rings. The minimum Gasteiger partial charge on any atom is -0.493 e. The number of carbonyl (C=O) groups excluding carboxylic acids is 2. The van der Waals surface area contributed by atoms with E-state index in [0.29, 0.717) is 39.6 Å². The highest BCUT2D eigenvalue weighted by molar-refractivity contribution is 7.99. The summed E-state index contributed by atoms with van der Waals surface area (Å²) in [6.07, 6.45) is 2.77. The molecule has 0 aliphatic heterocycles. The molecule has 34 heavy (non-hydrogen) atoms. The maximum atomic E-state index is 12.7. The van der Waals surface area contributed by atoms with Gasteiger partial charge in [-0.05, 0) is 49.9 Å². The number of fused-ring (bicyclic) bond motifs is 1. The van der Waals surface area contributed by atoms with E-state index in [1.54, 1.807) is 14.2 Å². The number of thiophene rings is 1. The van der Waals surface area contributed by atoms with E-state index in [1.165, 1.54) is 30.2 Å². The Bertz CT molecular complexity index is 1220. The van der Waals surface area contributed by atoms with Crippen LogP contribution in [0.25, 0.3) is 11.4 Å². The number of ether oxygens (including phenoxy) is 3. The lowest BCUT2D eigenvalue weighted by Gasteiger charge is -2.11. The highest BCUT2D eigenvalue weighted by Gasteiger charge is 2.28. The van der Waals surface area contributed by atoms with Crippen LogP contribution >= 0.6 is 23.1 Å². The van der Waals surface area contributed by atoms with Gasteiger partial charge in [-0.3, -0.25) is 4.79 Å². The lowest BCUT2D eigenvalue weighted by atomic mass is 10.1. The summed E-state index contributed by atoms with van der Waals surface area (Å²) in [5, 5.41) is 12.7. The average molecular weight is 503 g/mol. The van der Waals surface area contributed by atoms with Gasteiger partial charge in [0.15, 0.2) is 22.5 Å². The molecule has 0 radical (unpaired) electrons. The van der Waals surface area contributed by atoms with Crippen LogP contribution in [0, 0.1) is 0 Å². The summed E-state index contributed by atoms with van der Waals surface area (Å²) in [4.78, 5) is 26.2. The summed E-state index contributed by atoms with van der Waals surface area (Å²) >= 11 is 2.75. The van der Waals surface area contributed by atoms with Gasteiger partial charge in [-0.15, -0.1) is 21.5 Å². The molecule has 1 aliphatic carbocycles. The van der Waals surface area contributed by atoms with Crippen LogP contribution in [0.4, 0.5) is 5.00 Å². The second kappa shape index (κ2) is 10.5. The van der Waals surface area contributed by atoms with Crippen LogP contribution < -0.4 is 14.8 Å². The van der Waals surface area contributed by atoms with Crippen molar-refractivity contribution in [3.63, 3.8) is 0 Å². The molecule has 11 heteroatoms. The zero-order valence-corrected chi connectivity index (χ0v) is 21.1. The van der Waals surface area contributed by atoms with Crippen molar-refractivity contribution in [2.45, 2.75) is 37.9 Å². The molecule has 0 saturated heterocycles. The Hall–Kier alpha value is -3.05. The van der Waals surface area contributed by atoms with Gasteiger partial charge in [-0.2, -0.15) is 0 Å². The van der Waals surface area contributed by atoms with E-state index in [9.17, 15) is 9.59 Å². The number of hydrogen-bond acceptors (Lipinski definition) is 9. The number of esters is 1. The molecule has 9 nitrogen and oxygen atoms in total. The predicted molar refractivity (Wildman–Crippen MR) is 131 cm³/mol. The predicted octanol–water partition coefficient (Wildman–Crippen LogP) is 4.05. The molecule has 3 aromatic rings. The van der Waals surface area contributed by atoms with E-state index in [4.69, 9.17) is 14.2 Å². The van der Waals surface area contributed by atoms with E-state index < -0.39 is 5.97 Å². The highest BCUT2D eigenvalue weighted by Crippen LogP contribution is 2.39. The monoisotopic (exact) mass is 502 g/mol. The Morgan fingerprint density at radius 2 is 1.94 bits per heavy atom. The second-order valence-corrected chi connectivity index (χ2v) is 9.56. The minimum atomic E-state index is -0.410. The van der Waals surface area contributed by atoms with Gasteiger partial charge in [0, 0.05) is 17.0 Å². The van der Waals surface area contributed by atoms with Gasteiger partial charge in [-0.25, -0.2) is 4.79 Å². The molecule has 0 bridgehead atoms. The Labute approximate surface area is 205 Å². The van der Waals surface area contributed by atoms with Crippen molar-refractivity contribution in [1.29, 1.82) is 0 Å². The molecule has 1 amide bonds. The van der Waals surface area contributed by atoms with Gasteiger partial charge >= 0.3 is 5.97 Å². The number of rotatable bonds is 9. The summed E-state index contributed by atoms with van der Waals surface area (Å²) < 4.78 is 17.6. The highest BCUT2D eigenvalue weighted by atomic mass is 32.2. The van der Waals surface area contributed by atoms with Crippen LogP contribution in [0.5, 0.6) is 11.5 Å². The Kier molecular flexibility index (Phi) is 7.42. The van der Waals surface area contributed by atoms with Crippen LogP contribution in [0.3, 0.4) is 0 Å². The van der Waals surface area contributed by atoms with E-state index in [1.807, 2.05) is 29.7 Å². The smallest absolute Gasteiger partial charge is 0.341 e. The van der Waals surface area contributed by atoms with Crippen molar-refractivity contribution in [2.75, 3.05) is 32.4 Å². The first-order valence-corrected chi connectivity index (χ1v) is 12.6. The molecular formula is C23H26N4O5S2. The third kappa shape index (κ3) is 4.62. The van der Waals surface area contributed by atoms with Crippen LogP contribution in [-0.4, -0.2) is 53.7 Å². The quantitative estimate of drug-likeness (QED) is 0.345. The SMILES string of the molecule is CCn1c(SCC(=O)Nc2sc3c(c2C(=O)OC)CCC3)nnc1-c1ccc(OC)c(OC)c1. The van der Waals surface area contributed by atoms with E-state index >= 15 is 0 Å². The topological polar surface area (TPSA) is 105 Å². The average Bonchev–Trinajstić information content (AvgIpc) is 3.56. The Morgan fingerprint density at radius 1 is 1.15 bits per heavy atom. The Morgan fingerprint density at radius 3 is 2.65 bits per heavy atom. The molecule has 2 heterocycles. The fourth-order valence-electron chi connectivity index (χ4n) is 3.97. The van der Waals surface area contributed by atoms with Crippen LogP contribution in [-0.2, 0) is 28.9 Å². The van der Waals surface area contributed by atoms with E-state index in [2.05, 4.69) is 15.5 Å². The maximum Gasteiger partial charge on any atom is 0.341 e. The van der Waals surface area contributed by atoms with E-state index in [0.717, 1.165) is 35.3 Å². The molecular weight excluding hydrogens is 476 g/mol. The number of thioether (sulfide) groups is 1. The number of nitrogens with one attached hydrogen (secondary N) is 1. The molecule has 0 unspecified atom stereocenters. The van der Waals surface area contributed by atoms with Crippen molar-refractivity contribution in [3.8, 4) is 22.9 Å². The number of carbonyl (C=O) groups is 2. The first-order valence-electron chi connectivity index (χ1n) is 10.8. The normalized spacial score (nSPS) is 12.4. The van der Waals surface area contributed by atoms with Crippen molar-refractivity contribution < 1.29 is 23.8 Å². The first-order chi connectivity index (χ1) is 16.5. The van der Waals surface area contributed by atoms with Gasteiger partial charge in [-0.1, -0.05) is 11.8 Å². The molecule has 1 N–H and O–H groups in total. The third-order valence-electron chi connectivity index (χ3n) is 5.57. The maximum absolute atomic E-state index is 12.7. The van der Waals surface area contributed by atoms with Crippen LogP contribution in [0.1, 0.15) is 34.1 Å². The summed E-state index contributed by atoms with van der Waals surface area (Å²) in [7, 11) is 4.53. The van der Waals surface area contributed by atoms with Gasteiger partial charge in [0.1, 0.15) is 5.00 Å². The van der Waals surface area contributed by atoms with Crippen molar-refractivity contribution in [3.05, 3.63) is 34.2 Å². The molecule has 1 aliphatic rings. The van der Waals surface area contributed by atoms with Crippen molar-refractivity contribution in [1.82, 2.24) is 14.8 Å². The lowest BCUT2D eigenvalue weighted by molar-refractivity contribution is -0.113. The molecule has 4 rings (SSSR count). The zero-order valence-electron chi connectivity index (χ0n) is 19.5. The number of methoxy groups -OCH3 is 3. The number of amides is 1. The molecule has 0 spiro atoms. The summed E-state index contributed by atoms with van der Waals surface area (Å²) in [6.45, 7) is 2.62. The number of hydrogen-bond donors (Lipinski definition) is 1. The first kappa shape index (κ1) is 24.1. The van der Waals surface area contributed by atoms with Crippen molar-refractivity contribution in [2.24, 2.45) is 0 Å². The number of benzene rings is 1. The molecule has 0 atom stereocenters. The number of aryl methyl sites for hydroxylation is 1.